The van der Waals surface area contributed by atoms with Gasteiger partial charge in [-0.1, -0.05) is 54.6 Å². The third-order valence-corrected chi connectivity index (χ3v) is 5.42. The highest BCUT2D eigenvalue weighted by Gasteiger charge is 2.22. The topological polar surface area (TPSA) is 103 Å². The van der Waals surface area contributed by atoms with Crippen LogP contribution in [-0.2, 0) is 16.1 Å². The van der Waals surface area contributed by atoms with Crippen molar-refractivity contribution in [2.75, 3.05) is 13.7 Å². The van der Waals surface area contributed by atoms with E-state index < -0.39 is 23.5 Å². The molecule has 1 atom stereocenters. The van der Waals surface area contributed by atoms with E-state index in [4.69, 9.17) is 10.5 Å². The molecule has 0 unspecified atom stereocenters. The Balaban J connectivity index is 1.89. The molecule has 0 fully saturated rings. The molecule has 1 aromatic heterocycles. The molecule has 3 N–H and O–H groups in total. The van der Waals surface area contributed by atoms with Crippen molar-refractivity contribution in [1.82, 2.24) is 9.88 Å². The number of halogens is 1. The smallest absolute Gasteiger partial charge is 0.307 e. The van der Waals surface area contributed by atoms with Gasteiger partial charge >= 0.3 is 5.97 Å². The fourth-order valence-corrected chi connectivity index (χ4v) is 3.82. The van der Waals surface area contributed by atoms with Gasteiger partial charge in [0.1, 0.15) is 5.56 Å². The number of pyridine rings is 1. The van der Waals surface area contributed by atoms with Crippen LogP contribution in [0.15, 0.2) is 76.1 Å². The molecule has 0 bridgehead atoms. The zero-order chi connectivity index (χ0) is 23.1. The van der Waals surface area contributed by atoms with Gasteiger partial charge in [0.25, 0.3) is 11.5 Å². The van der Waals surface area contributed by atoms with E-state index in [1.165, 1.54) is 17.7 Å². The van der Waals surface area contributed by atoms with Crippen LogP contribution < -0.4 is 16.6 Å². The normalized spacial score (nSPS) is 11.6. The highest BCUT2D eigenvalue weighted by Crippen LogP contribution is 2.24. The van der Waals surface area contributed by atoms with Crippen molar-refractivity contribution < 1.29 is 14.3 Å². The Labute approximate surface area is 194 Å². The monoisotopic (exact) mass is 497 g/mol. The van der Waals surface area contributed by atoms with Crippen LogP contribution in [0.5, 0.6) is 0 Å². The summed E-state index contributed by atoms with van der Waals surface area (Å²) in [7, 11) is 1.29. The van der Waals surface area contributed by atoms with Crippen molar-refractivity contribution in [3.8, 4) is 11.1 Å². The highest BCUT2D eigenvalue weighted by molar-refractivity contribution is 9.10. The van der Waals surface area contributed by atoms with E-state index in [-0.39, 0.29) is 25.1 Å². The summed E-state index contributed by atoms with van der Waals surface area (Å²) in [6.45, 7) is 0.543. The molecule has 0 aliphatic heterocycles. The lowest BCUT2D eigenvalue weighted by Crippen LogP contribution is -2.36. The van der Waals surface area contributed by atoms with E-state index in [2.05, 4.69) is 21.2 Å². The number of nitrogens with two attached hydrogens (primary N) is 1. The zero-order valence-corrected chi connectivity index (χ0v) is 19.2. The highest BCUT2D eigenvalue weighted by atomic mass is 79.9. The van der Waals surface area contributed by atoms with E-state index in [1.807, 2.05) is 54.6 Å². The first-order valence-electron chi connectivity index (χ1n) is 10.1. The van der Waals surface area contributed by atoms with Crippen molar-refractivity contribution in [2.24, 2.45) is 5.73 Å². The van der Waals surface area contributed by atoms with Crippen molar-refractivity contribution in [2.45, 2.75) is 19.0 Å². The SMILES string of the molecule is COC(=O)C[C@@H](NC(=O)c1cc(Br)cn(CCN)c1=O)c1ccc(-c2ccccc2)cc1. The van der Waals surface area contributed by atoms with Crippen molar-refractivity contribution >= 4 is 27.8 Å². The predicted octanol–water partition coefficient (Wildman–Crippen LogP) is 3.27. The van der Waals surface area contributed by atoms with Gasteiger partial charge in [0.2, 0.25) is 0 Å². The summed E-state index contributed by atoms with van der Waals surface area (Å²) in [6, 6.07) is 18.2. The van der Waals surface area contributed by atoms with Crippen LogP contribution in [0, 0.1) is 0 Å². The lowest BCUT2D eigenvalue weighted by molar-refractivity contribution is -0.141. The third kappa shape index (κ3) is 5.72. The first kappa shape index (κ1) is 23.4. The predicted molar refractivity (Wildman–Crippen MR) is 126 cm³/mol. The van der Waals surface area contributed by atoms with Crippen LogP contribution in [0.3, 0.4) is 0 Å². The molecule has 166 valence electrons. The van der Waals surface area contributed by atoms with Crippen LogP contribution in [0.1, 0.15) is 28.4 Å². The second-order valence-corrected chi connectivity index (χ2v) is 8.07. The fraction of sp³-hybridized carbons (Fsp3) is 0.208. The van der Waals surface area contributed by atoms with Gasteiger partial charge in [-0.05, 0) is 38.7 Å². The summed E-state index contributed by atoms with van der Waals surface area (Å²) in [5, 5.41) is 2.81. The van der Waals surface area contributed by atoms with Crippen molar-refractivity contribution in [1.29, 1.82) is 0 Å². The molecule has 0 saturated heterocycles. The zero-order valence-electron chi connectivity index (χ0n) is 17.6. The molecule has 1 amide bonds. The van der Waals surface area contributed by atoms with E-state index in [9.17, 15) is 14.4 Å². The van der Waals surface area contributed by atoms with Crippen LogP contribution in [0.25, 0.3) is 11.1 Å². The number of hydrogen-bond donors (Lipinski definition) is 2. The molecule has 32 heavy (non-hydrogen) atoms. The first-order chi connectivity index (χ1) is 15.4. The second-order valence-electron chi connectivity index (χ2n) is 7.15. The number of carbonyl (C=O) groups excluding carboxylic acids is 2. The average molecular weight is 498 g/mol. The quantitative estimate of drug-likeness (QED) is 0.464. The Morgan fingerprint density at radius 2 is 1.75 bits per heavy atom. The number of hydrogen-bond acceptors (Lipinski definition) is 5. The molecule has 0 aliphatic rings. The Morgan fingerprint density at radius 1 is 1.09 bits per heavy atom. The number of benzene rings is 2. The summed E-state index contributed by atoms with van der Waals surface area (Å²) in [5.41, 5.74) is 7.86. The summed E-state index contributed by atoms with van der Waals surface area (Å²) in [6.07, 6.45) is 1.51. The summed E-state index contributed by atoms with van der Waals surface area (Å²) >= 11 is 3.32. The third-order valence-electron chi connectivity index (χ3n) is 4.99. The fourth-order valence-electron chi connectivity index (χ4n) is 3.34. The minimum absolute atomic E-state index is 0.0383. The van der Waals surface area contributed by atoms with E-state index in [0.717, 1.165) is 16.7 Å². The van der Waals surface area contributed by atoms with Crippen LogP contribution in [-0.4, -0.2) is 30.1 Å². The molecule has 7 nitrogen and oxygen atoms in total. The molecule has 0 spiro atoms. The van der Waals surface area contributed by atoms with Gasteiger partial charge in [0, 0.05) is 23.8 Å². The Kier molecular flexibility index (Phi) is 7.97. The van der Waals surface area contributed by atoms with Gasteiger partial charge in [0.15, 0.2) is 0 Å². The number of carbonyl (C=O) groups is 2. The maximum atomic E-state index is 13.0. The first-order valence-corrected chi connectivity index (χ1v) is 10.9. The van der Waals surface area contributed by atoms with E-state index in [1.54, 1.807) is 6.20 Å². The minimum atomic E-state index is -0.666. The van der Waals surface area contributed by atoms with Crippen LogP contribution >= 0.6 is 15.9 Å². The molecular weight excluding hydrogens is 474 g/mol. The summed E-state index contributed by atoms with van der Waals surface area (Å²) in [4.78, 5) is 37.7. The number of ether oxygens (including phenoxy) is 1. The number of nitrogens with one attached hydrogen (secondary N) is 1. The Hall–Kier alpha value is -3.23. The Morgan fingerprint density at radius 3 is 2.38 bits per heavy atom. The standard InChI is InChI=1S/C24H24BrN3O4/c1-32-22(29)14-21(18-9-7-17(8-10-18)16-5-3-2-4-6-16)27-23(30)20-13-19(25)15-28(12-11-26)24(20)31/h2-10,13,15,21H,11-12,14,26H2,1H3,(H,27,30)/t21-/m1/s1. The lowest BCUT2D eigenvalue weighted by Gasteiger charge is -2.19. The number of aromatic nitrogens is 1. The van der Waals surface area contributed by atoms with Crippen LogP contribution in [0.2, 0.25) is 0 Å². The maximum absolute atomic E-state index is 13.0. The molecule has 1 heterocycles. The molecule has 3 rings (SSSR count). The molecular formula is C24H24BrN3O4. The van der Waals surface area contributed by atoms with Crippen molar-refractivity contribution in [3.63, 3.8) is 0 Å². The van der Waals surface area contributed by atoms with Gasteiger partial charge in [-0.3, -0.25) is 14.4 Å². The second kappa shape index (κ2) is 10.9. The van der Waals surface area contributed by atoms with Gasteiger partial charge in [0.05, 0.1) is 19.6 Å². The molecule has 0 aliphatic carbocycles. The largest absolute Gasteiger partial charge is 0.469 e. The number of nitrogens with zero attached hydrogens (tertiary/aromatic N) is 1. The molecule has 3 aromatic rings. The van der Waals surface area contributed by atoms with Crippen molar-refractivity contribution in [3.05, 3.63) is 92.8 Å². The summed E-state index contributed by atoms with van der Waals surface area (Å²) in [5.74, 6) is -1.06. The van der Waals surface area contributed by atoms with Crippen LogP contribution in [0.4, 0.5) is 0 Å². The summed E-state index contributed by atoms with van der Waals surface area (Å²) < 4.78 is 6.75. The van der Waals surface area contributed by atoms with Gasteiger partial charge in [-0.15, -0.1) is 0 Å². The number of esters is 1. The van der Waals surface area contributed by atoms with E-state index in [0.29, 0.717) is 4.47 Å². The minimum Gasteiger partial charge on any atom is -0.469 e. The molecule has 8 heteroatoms. The maximum Gasteiger partial charge on any atom is 0.307 e. The van der Waals surface area contributed by atoms with E-state index >= 15 is 0 Å². The molecule has 2 aromatic carbocycles. The number of methoxy groups -OCH3 is 1. The van der Waals surface area contributed by atoms with Gasteiger partial charge in [-0.2, -0.15) is 0 Å². The number of amides is 1. The van der Waals surface area contributed by atoms with Gasteiger partial charge < -0.3 is 20.4 Å². The number of rotatable bonds is 8. The molecule has 0 radical (unpaired) electrons. The average Bonchev–Trinajstić information content (AvgIpc) is 2.81. The Bertz CT molecular complexity index is 1140. The lowest BCUT2D eigenvalue weighted by atomic mass is 9.99. The van der Waals surface area contributed by atoms with Gasteiger partial charge in [-0.25, -0.2) is 0 Å². The molecule has 0 saturated carbocycles.